The van der Waals surface area contributed by atoms with Crippen molar-refractivity contribution in [3.63, 3.8) is 0 Å². The Morgan fingerprint density at radius 2 is 2.53 bits per heavy atom. The van der Waals surface area contributed by atoms with Crippen LogP contribution in [-0.4, -0.2) is 44.2 Å². The van der Waals surface area contributed by atoms with Gasteiger partial charge in [-0.25, -0.2) is 0 Å². The average Bonchev–Trinajstić information content (AvgIpc) is 2.81. The molecule has 0 fully saturated rings. The van der Waals surface area contributed by atoms with Gasteiger partial charge in [-0.1, -0.05) is 0 Å². The van der Waals surface area contributed by atoms with Gasteiger partial charge in [0.15, 0.2) is 0 Å². The second-order valence-electron chi connectivity index (χ2n) is 4.10. The summed E-state index contributed by atoms with van der Waals surface area (Å²) in [7, 11) is 1.66. The smallest absolute Gasteiger partial charge is 0.236 e. The number of nitrogens with one attached hydrogen (secondary N) is 1. The minimum Gasteiger partial charge on any atom is -0.383 e. The van der Waals surface area contributed by atoms with Gasteiger partial charge in [-0.15, -0.1) is 11.3 Å². The fourth-order valence-corrected chi connectivity index (χ4v) is 2.83. The molecule has 0 unspecified atom stereocenters. The Balaban J connectivity index is 1.78. The van der Waals surface area contributed by atoms with E-state index in [4.69, 9.17) is 4.74 Å². The molecule has 1 amide bonds. The molecule has 94 valence electrons. The number of amides is 1. The van der Waals surface area contributed by atoms with E-state index in [0.717, 1.165) is 26.1 Å². The molecule has 0 aliphatic carbocycles. The second-order valence-corrected chi connectivity index (χ2v) is 5.10. The Morgan fingerprint density at radius 1 is 1.65 bits per heavy atom. The molecule has 0 bridgehead atoms. The van der Waals surface area contributed by atoms with Gasteiger partial charge in [0.05, 0.1) is 13.2 Å². The van der Waals surface area contributed by atoms with E-state index in [0.29, 0.717) is 13.2 Å². The van der Waals surface area contributed by atoms with E-state index < -0.39 is 0 Å². The van der Waals surface area contributed by atoms with Crippen LogP contribution in [0.1, 0.15) is 10.4 Å². The first-order chi connectivity index (χ1) is 8.31. The summed E-state index contributed by atoms with van der Waals surface area (Å²) in [5.74, 6) is 0.179. The normalized spacial score (nSPS) is 14.8. The Labute approximate surface area is 106 Å². The molecule has 17 heavy (non-hydrogen) atoms. The number of thiophene rings is 1. The molecule has 0 aromatic carbocycles. The van der Waals surface area contributed by atoms with Crippen LogP contribution in [0.3, 0.4) is 0 Å². The summed E-state index contributed by atoms with van der Waals surface area (Å²) in [6, 6.07) is 2.12. The molecule has 1 aliphatic heterocycles. The van der Waals surface area contributed by atoms with Gasteiger partial charge in [0.2, 0.25) is 5.91 Å². The summed E-state index contributed by atoms with van der Waals surface area (Å²) in [6.07, 6.45) is 0.997. The molecule has 2 heterocycles. The molecule has 0 radical (unpaired) electrons. The highest BCUT2D eigenvalue weighted by molar-refractivity contribution is 7.10. The zero-order valence-corrected chi connectivity index (χ0v) is 10.9. The van der Waals surface area contributed by atoms with Gasteiger partial charge in [0, 0.05) is 31.6 Å². The van der Waals surface area contributed by atoms with Crippen LogP contribution in [0.4, 0.5) is 0 Å². The molecule has 1 aliphatic rings. The molecule has 2 rings (SSSR count). The molecular formula is C12H18N2O2S. The van der Waals surface area contributed by atoms with E-state index in [1.807, 2.05) is 4.90 Å². The fraction of sp³-hybridized carbons (Fsp3) is 0.583. The van der Waals surface area contributed by atoms with Crippen molar-refractivity contribution in [3.8, 4) is 0 Å². The predicted octanol–water partition coefficient (Wildman–Crippen LogP) is 0.869. The standard InChI is InChI=1S/C12H18N2O2S/c1-16-6-4-13-8-12(15)14-5-2-11-10(9-14)3-7-17-11/h3,7,13H,2,4-6,8-9H2,1H3. The van der Waals surface area contributed by atoms with Gasteiger partial charge < -0.3 is 15.0 Å². The molecule has 1 aromatic heterocycles. The maximum absolute atomic E-state index is 11.9. The molecule has 0 saturated carbocycles. The average molecular weight is 254 g/mol. The number of nitrogens with zero attached hydrogens (tertiary/aromatic N) is 1. The number of hydrogen-bond donors (Lipinski definition) is 1. The molecule has 0 spiro atoms. The molecule has 5 heteroatoms. The van der Waals surface area contributed by atoms with Crippen molar-refractivity contribution in [2.24, 2.45) is 0 Å². The van der Waals surface area contributed by atoms with E-state index in [1.165, 1.54) is 10.4 Å². The third kappa shape index (κ3) is 3.28. The molecule has 1 N–H and O–H groups in total. The van der Waals surface area contributed by atoms with Crippen LogP contribution in [0.5, 0.6) is 0 Å². The third-order valence-electron chi connectivity index (χ3n) is 2.92. The highest BCUT2D eigenvalue weighted by Crippen LogP contribution is 2.23. The van der Waals surface area contributed by atoms with Crippen LogP contribution >= 0.6 is 11.3 Å². The zero-order chi connectivity index (χ0) is 12.1. The number of fused-ring (bicyclic) bond motifs is 1. The molecule has 0 atom stereocenters. The fourth-order valence-electron chi connectivity index (χ4n) is 1.94. The van der Waals surface area contributed by atoms with Gasteiger partial charge in [-0.2, -0.15) is 0 Å². The van der Waals surface area contributed by atoms with E-state index in [9.17, 15) is 4.79 Å². The van der Waals surface area contributed by atoms with E-state index in [1.54, 1.807) is 18.4 Å². The van der Waals surface area contributed by atoms with Gasteiger partial charge in [-0.3, -0.25) is 4.79 Å². The predicted molar refractivity (Wildman–Crippen MR) is 68.2 cm³/mol. The van der Waals surface area contributed by atoms with Crippen LogP contribution in [-0.2, 0) is 22.5 Å². The maximum Gasteiger partial charge on any atom is 0.236 e. The van der Waals surface area contributed by atoms with Crippen LogP contribution in [0, 0.1) is 0 Å². The lowest BCUT2D eigenvalue weighted by Gasteiger charge is -2.27. The van der Waals surface area contributed by atoms with E-state index in [-0.39, 0.29) is 5.91 Å². The second kappa shape index (κ2) is 6.14. The number of carbonyl (C=O) groups is 1. The summed E-state index contributed by atoms with van der Waals surface area (Å²) in [5, 5.41) is 5.19. The largest absolute Gasteiger partial charge is 0.383 e. The maximum atomic E-state index is 11.9. The highest BCUT2D eigenvalue weighted by atomic mass is 32.1. The number of carbonyl (C=O) groups excluding carboxylic acids is 1. The Kier molecular flexibility index (Phi) is 4.53. The minimum atomic E-state index is 0.179. The van der Waals surface area contributed by atoms with E-state index in [2.05, 4.69) is 16.8 Å². The topological polar surface area (TPSA) is 41.6 Å². The van der Waals surface area contributed by atoms with Crippen LogP contribution in [0.25, 0.3) is 0 Å². The van der Waals surface area contributed by atoms with Crippen molar-refractivity contribution in [1.29, 1.82) is 0 Å². The summed E-state index contributed by atoms with van der Waals surface area (Å²) in [6.45, 7) is 3.38. The van der Waals surface area contributed by atoms with Crippen molar-refractivity contribution >= 4 is 17.2 Å². The van der Waals surface area contributed by atoms with Crippen LogP contribution in [0.2, 0.25) is 0 Å². The van der Waals surface area contributed by atoms with Gasteiger partial charge >= 0.3 is 0 Å². The summed E-state index contributed by atoms with van der Waals surface area (Å²) in [4.78, 5) is 15.3. The zero-order valence-electron chi connectivity index (χ0n) is 10.1. The number of ether oxygens (including phenoxy) is 1. The summed E-state index contributed by atoms with van der Waals surface area (Å²) >= 11 is 1.79. The molecule has 0 saturated heterocycles. The monoisotopic (exact) mass is 254 g/mol. The quantitative estimate of drug-likeness (QED) is 0.793. The van der Waals surface area contributed by atoms with Crippen LogP contribution in [0.15, 0.2) is 11.4 Å². The number of methoxy groups -OCH3 is 1. The van der Waals surface area contributed by atoms with Crippen molar-refractivity contribution in [3.05, 3.63) is 21.9 Å². The molecule has 1 aromatic rings. The van der Waals surface area contributed by atoms with Crippen molar-refractivity contribution in [1.82, 2.24) is 10.2 Å². The Bertz CT molecular complexity index is 378. The lowest BCUT2D eigenvalue weighted by Crippen LogP contribution is -2.41. The summed E-state index contributed by atoms with van der Waals surface area (Å²) < 4.78 is 4.92. The third-order valence-corrected chi connectivity index (χ3v) is 3.94. The lowest BCUT2D eigenvalue weighted by atomic mass is 10.1. The first kappa shape index (κ1) is 12.5. The van der Waals surface area contributed by atoms with Gasteiger partial charge in [-0.05, 0) is 23.4 Å². The lowest BCUT2D eigenvalue weighted by molar-refractivity contribution is -0.131. The number of hydrogen-bond acceptors (Lipinski definition) is 4. The summed E-state index contributed by atoms with van der Waals surface area (Å²) in [5.41, 5.74) is 1.31. The Hall–Kier alpha value is -0.910. The van der Waals surface area contributed by atoms with Crippen LogP contribution < -0.4 is 5.32 Å². The van der Waals surface area contributed by atoms with E-state index >= 15 is 0 Å². The molecule has 4 nitrogen and oxygen atoms in total. The minimum absolute atomic E-state index is 0.179. The highest BCUT2D eigenvalue weighted by Gasteiger charge is 2.20. The first-order valence-electron chi connectivity index (χ1n) is 5.84. The van der Waals surface area contributed by atoms with Gasteiger partial charge in [0.1, 0.15) is 0 Å². The first-order valence-corrected chi connectivity index (χ1v) is 6.72. The van der Waals surface area contributed by atoms with Crippen molar-refractivity contribution in [2.45, 2.75) is 13.0 Å². The van der Waals surface area contributed by atoms with Gasteiger partial charge in [0.25, 0.3) is 0 Å². The molecular weight excluding hydrogens is 236 g/mol. The SMILES string of the molecule is COCCNCC(=O)N1CCc2sccc2C1. The Morgan fingerprint density at radius 3 is 3.35 bits per heavy atom. The number of rotatable bonds is 5. The van der Waals surface area contributed by atoms with Crippen molar-refractivity contribution < 1.29 is 9.53 Å². The van der Waals surface area contributed by atoms with Crippen molar-refractivity contribution in [2.75, 3.05) is 33.4 Å².